The van der Waals surface area contributed by atoms with Gasteiger partial charge < -0.3 is 0 Å². The summed E-state index contributed by atoms with van der Waals surface area (Å²) in [7, 11) is 0. The summed E-state index contributed by atoms with van der Waals surface area (Å²) in [5, 5.41) is 0. The molecule has 1 aromatic rings. The van der Waals surface area contributed by atoms with Crippen molar-refractivity contribution < 1.29 is 9.59 Å². The molecule has 0 aromatic heterocycles. The third-order valence-electron chi connectivity index (χ3n) is 3.93. The van der Waals surface area contributed by atoms with Crippen molar-refractivity contribution in [2.75, 3.05) is 4.90 Å². The summed E-state index contributed by atoms with van der Waals surface area (Å²) in [4.78, 5) is 26.8. The number of para-hydroxylation sites is 1. The van der Waals surface area contributed by atoms with Crippen LogP contribution >= 0.6 is 31.9 Å². The zero-order valence-electron chi connectivity index (χ0n) is 10.1. The molecule has 4 atom stereocenters. The number of hydrogen-bond donors (Lipinski definition) is 0. The summed E-state index contributed by atoms with van der Waals surface area (Å²) in [5.41, 5.74) is 0.684. The molecular formula is C14H13Br2NO2. The fourth-order valence-electron chi connectivity index (χ4n) is 2.93. The van der Waals surface area contributed by atoms with E-state index in [1.54, 1.807) is 0 Å². The Labute approximate surface area is 128 Å². The molecule has 0 radical (unpaired) electrons. The van der Waals surface area contributed by atoms with E-state index in [4.69, 9.17) is 0 Å². The van der Waals surface area contributed by atoms with Gasteiger partial charge in [-0.1, -0.05) is 50.1 Å². The van der Waals surface area contributed by atoms with Gasteiger partial charge in [0.2, 0.25) is 11.8 Å². The molecule has 19 heavy (non-hydrogen) atoms. The molecule has 1 aliphatic carbocycles. The van der Waals surface area contributed by atoms with Crippen molar-refractivity contribution in [3.63, 3.8) is 0 Å². The molecule has 1 heterocycles. The molecule has 1 aliphatic heterocycles. The SMILES string of the molecule is O=C1C2CC(Br)[C@@H](Br)CC2C(=O)N1c1ccccc1. The number of carbonyl (C=O) groups is 2. The van der Waals surface area contributed by atoms with Crippen LogP contribution in [-0.2, 0) is 9.59 Å². The number of benzene rings is 1. The fraction of sp³-hybridized carbons (Fsp3) is 0.429. The van der Waals surface area contributed by atoms with Crippen molar-refractivity contribution in [3.8, 4) is 0 Å². The molecule has 0 N–H and O–H groups in total. The number of imide groups is 1. The predicted octanol–water partition coefficient (Wildman–Crippen LogP) is 3.11. The maximum atomic E-state index is 12.5. The van der Waals surface area contributed by atoms with Crippen LogP contribution < -0.4 is 4.90 Å². The molecule has 2 aliphatic rings. The van der Waals surface area contributed by atoms with Crippen LogP contribution in [-0.4, -0.2) is 21.5 Å². The minimum absolute atomic E-state index is 0.0509. The third-order valence-corrected chi connectivity index (χ3v) is 6.66. The van der Waals surface area contributed by atoms with Crippen molar-refractivity contribution in [1.29, 1.82) is 0 Å². The van der Waals surface area contributed by atoms with E-state index < -0.39 is 0 Å². The molecule has 0 bridgehead atoms. The van der Waals surface area contributed by atoms with Gasteiger partial charge in [0, 0.05) is 9.65 Å². The average Bonchev–Trinajstić information content (AvgIpc) is 2.64. The number of carbonyl (C=O) groups excluding carboxylic acids is 2. The van der Waals surface area contributed by atoms with E-state index in [0.29, 0.717) is 18.5 Å². The Morgan fingerprint density at radius 1 is 0.895 bits per heavy atom. The normalized spacial score (nSPS) is 34.5. The lowest BCUT2D eigenvalue weighted by Crippen LogP contribution is -2.34. The number of fused-ring (bicyclic) bond motifs is 1. The highest BCUT2D eigenvalue weighted by atomic mass is 79.9. The number of nitrogens with zero attached hydrogens (tertiary/aromatic N) is 1. The van der Waals surface area contributed by atoms with Crippen LogP contribution in [0.2, 0.25) is 0 Å². The van der Waals surface area contributed by atoms with Gasteiger partial charge in [0.05, 0.1) is 17.5 Å². The van der Waals surface area contributed by atoms with Crippen molar-refractivity contribution in [3.05, 3.63) is 30.3 Å². The van der Waals surface area contributed by atoms with Gasteiger partial charge in [-0.15, -0.1) is 0 Å². The molecule has 100 valence electrons. The number of hydrogen-bond acceptors (Lipinski definition) is 2. The lowest BCUT2D eigenvalue weighted by Gasteiger charge is -2.29. The Morgan fingerprint density at radius 3 is 1.84 bits per heavy atom. The molecule has 0 spiro atoms. The minimum atomic E-state index is -0.175. The Kier molecular flexibility index (Phi) is 3.52. The molecular weight excluding hydrogens is 374 g/mol. The summed E-state index contributed by atoms with van der Waals surface area (Å²) >= 11 is 7.17. The van der Waals surface area contributed by atoms with Gasteiger partial charge >= 0.3 is 0 Å². The molecule has 5 heteroatoms. The van der Waals surface area contributed by atoms with Crippen molar-refractivity contribution in [2.45, 2.75) is 22.5 Å². The molecule has 1 aromatic carbocycles. The van der Waals surface area contributed by atoms with Gasteiger partial charge in [0.25, 0.3) is 0 Å². The summed E-state index contributed by atoms with van der Waals surface area (Å²) < 4.78 is 0. The van der Waals surface area contributed by atoms with Gasteiger partial charge in [-0.05, 0) is 25.0 Å². The van der Waals surface area contributed by atoms with E-state index in [1.807, 2.05) is 30.3 Å². The topological polar surface area (TPSA) is 37.4 Å². The standard InChI is InChI=1S/C14H13Br2NO2/c15-11-6-9-10(7-12(11)16)14(19)17(13(9)18)8-4-2-1-3-5-8/h1-5,9-12H,6-7H2/t9?,10?,11-,12?/m0/s1. The van der Waals surface area contributed by atoms with Crippen molar-refractivity contribution in [1.82, 2.24) is 0 Å². The van der Waals surface area contributed by atoms with Crippen LogP contribution in [0.15, 0.2) is 30.3 Å². The smallest absolute Gasteiger partial charge is 0.237 e. The van der Waals surface area contributed by atoms with Crippen molar-refractivity contribution >= 4 is 49.4 Å². The Bertz CT molecular complexity index is 491. The molecule has 1 saturated heterocycles. The third kappa shape index (κ3) is 2.17. The van der Waals surface area contributed by atoms with Gasteiger partial charge in [-0.3, -0.25) is 14.5 Å². The maximum Gasteiger partial charge on any atom is 0.237 e. The molecule has 3 rings (SSSR count). The Balaban J connectivity index is 1.94. The quantitative estimate of drug-likeness (QED) is 0.549. The number of rotatable bonds is 1. The largest absolute Gasteiger partial charge is 0.274 e. The summed E-state index contributed by atoms with van der Waals surface area (Å²) in [6.07, 6.45) is 1.43. The van der Waals surface area contributed by atoms with Crippen LogP contribution in [0.3, 0.4) is 0 Å². The van der Waals surface area contributed by atoms with Crippen LogP contribution in [0.4, 0.5) is 5.69 Å². The summed E-state index contributed by atoms with van der Waals surface area (Å²) in [6, 6.07) is 9.19. The second-order valence-corrected chi connectivity index (χ2v) is 7.42. The monoisotopic (exact) mass is 385 g/mol. The lowest BCUT2D eigenvalue weighted by molar-refractivity contribution is -0.122. The lowest BCUT2D eigenvalue weighted by atomic mass is 9.81. The first-order valence-electron chi connectivity index (χ1n) is 6.30. The second-order valence-electron chi connectivity index (χ2n) is 5.06. The van der Waals surface area contributed by atoms with Gasteiger partial charge in [-0.2, -0.15) is 0 Å². The van der Waals surface area contributed by atoms with Crippen molar-refractivity contribution in [2.24, 2.45) is 11.8 Å². The van der Waals surface area contributed by atoms with Gasteiger partial charge in [0.15, 0.2) is 0 Å². The number of halogens is 2. The predicted molar refractivity (Wildman–Crippen MR) is 80.6 cm³/mol. The van der Waals surface area contributed by atoms with Gasteiger partial charge in [0.1, 0.15) is 0 Å². The number of anilines is 1. The van der Waals surface area contributed by atoms with E-state index in [-0.39, 0.29) is 33.3 Å². The maximum absolute atomic E-state index is 12.5. The zero-order chi connectivity index (χ0) is 13.6. The first-order valence-corrected chi connectivity index (χ1v) is 8.13. The number of alkyl halides is 2. The molecule has 1 saturated carbocycles. The Morgan fingerprint density at radius 2 is 1.37 bits per heavy atom. The summed E-state index contributed by atoms with van der Waals surface area (Å²) in [6.45, 7) is 0. The molecule has 3 nitrogen and oxygen atoms in total. The first-order chi connectivity index (χ1) is 9.09. The van der Waals surface area contributed by atoms with E-state index >= 15 is 0 Å². The van der Waals surface area contributed by atoms with Crippen LogP contribution in [0.5, 0.6) is 0 Å². The fourth-order valence-corrected chi connectivity index (χ4v) is 4.16. The molecule has 2 fully saturated rings. The highest BCUT2D eigenvalue weighted by molar-refractivity contribution is 9.12. The van der Waals surface area contributed by atoms with E-state index in [1.165, 1.54) is 4.90 Å². The van der Waals surface area contributed by atoms with Crippen LogP contribution in [0, 0.1) is 11.8 Å². The van der Waals surface area contributed by atoms with E-state index in [9.17, 15) is 9.59 Å². The molecule has 3 unspecified atom stereocenters. The van der Waals surface area contributed by atoms with Crippen LogP contribution in [0.25, 0.3) is 0 Å². The van der Waals surface area contributed by atoms with E-state index in [0.717, 1.165) is 0 Å². The highest BCUT2D eigenvalue weighted by Crippen LogP contribution is 2.44. The first kappa shape index (κ1) is 13.3. The average molecular weight is 387 g/mol. The molecule has 2 amide bonds. The van der Waals surface area contributed by atoms with Crippen LogP contribution in [0.1, 0.15) is 12.8 Å². The number of amides is 2. The zero-order valence-corrected chi connectivity index (χ0v) is 13.3. The highest BCUT2D eigenvalue weighted by Gasteiger charge is 2.52. The Hall–Kier alpha value is -0.680. The van der Waals surface area contributed by atoms with Gasteiger partial charge in [-0.25, -0.2) is 0 Å². The summed E-state index contributed by atoms with van der Waals surface area (Å²) in [5.74, 6) is -0.452. The van der Waals surface area contributed by atoms with E-state index in [2.05, 4.69) is 31.9 Å². The minimum Gasteiger partial charge on any atom is -0.274 e. The second kappa shape index (κ2) is 5.02.